The second-order valence-corrected chi connectivity index (χ2v) is 7.35. The van der Waals surface area contributed by atoms with E-state index in [0.717, 1.165) is 51.4 Å². The van der Waals surface area contributed by atoms with Crippen molar-refractivity contribution in [1.29, 1.82) is 0 Å². The molecule has 27 heavy (non-hydrogen) atoms. The van der Waals surface area contributed by atoms with Crippen molar-refractivity contribution in [2.75, 3.05) is 26.2 Å². The second kappa shape index (κ2) is 13.4. The topological polar surface area (TPSA) is 90.0 Å². The summed E-state index contributed by atoms with van der Waals surface area (Å²) in [7, 11) is 0. The molecule has 1 fully saturated rings. The van der Waals surface area contributed by atoms with Gasteiger partial charge in [-0.2, -0.15) is 0 Å². The fraction of sp³-hybridized carbons (Fsp3) is 0.850. The summed E-state index contributed by atoms with van der Waals surface area (Å²) in [5.74, 6) is -0.278. The summed E-state index contributed by atoms with van der Waals surface area (Å²) in [6, 6.07) is -0.718. The summed E-state index contributed by atoms with van der Waals surface area (Å²) in [5, 5.41) is 12.1. The van der Waals surface area contributed by atoms with Gasteiger partial charge in [-0.15, -0.1) is 0 Å². The lowest BCUT2D eigenvalue weighted by Crippen LogP contribution is -2.61. The average molecular weight is 384 g/mol. The smallest absolute Gasteiger partial charge is 0.407 e. The van der Waals surface area contributed by atoms with Crippen LogP contribution in [-0.2, 0) is 9.59 Å². The van der Waals surface area contributed by atoms with E-state index in [1.54, 1.807) is 4.90 Å². The Hall–Kier alpha value is -1.79. The minimum absolute atomic E-state index is 0.0392. The highest BCUT2D eigenvalue weighted by molar-refractivity contribution is 5.88. The van der Waals surface area contributed by atoms with E-state index in [9.17, 15) is 19.5 Å². The molecule has 1 unspecified atom stereocenters. The summed E-state index contributed by atoms with van der Waals surface area (Å²) in [4.78, 5) is 39.3. The Bertz CT molecular complexity index is 470. The molecule has 0 aromatic rings. The second-order valence-electron chi connectivity index (χ2n) is 7.35. The molecule has 3 amide bonds. The molecular formula is C20H37N3O4. The number of carbonyl (C=O) groups is 3. The third kappa shape index (κ3) is 8.63. The molecule has 0 saturated carbocycles. The summed E-state index contributed by atoms with van der Waals surface area (Å²) in [6.45, 7) is 5.45. The molecule has 0 aromatic carbocycles. The predicted octanol–water partition coefficient (Wildman–Crippen LogP) is 3.23. The molecule has 7 nitrogen and oxygen atoms in total. The van der Waals surface area contributed by atoms with Gasteiger partial charge in [0.05, 0.1) is 6.54 Å². The van der Waals surface area contributed by atoms with Crippen LogP contribution in [0.4, 0.5) is 4.79 Å². The van der Waals surface area contributed by atoms with Crippen LogP contribution in [-0.4, -0.2) is 65.0 Å². The maximum Gasteiger partial charge on any atom is 0.407 e. The van der Waals surface area contributed by atoms with E-state index in [2.05, 4.69) is 19.2 Å². The van der Waals surface area contributed by atoms with Gasteiger partial charge in [0.1, 0.15) is 6.04 Å². The first-order valence-corrected chi connectivity index (χ1v) is 10.6. The van der Waals surface area contributed by atoms with Crippen molar-refractivity contribution in [2.24, 2.45) is 0 Å². The summed E-state index contributed by atoms with van der Waals surface area (Å²) < 4.78 is 0. The van der Waals surface area contributed by atoms with E-state index < -0.39 is 12.1 Å². The first kappa shape index (κ1) is 23.2. The molecule has 0 aliphatic carbocycles. The SMILES string of the molecule is CCCCCCCC(=O)N1CCN(C(=O)O)CC1C(=O)NCCCCCC. The molecule has 1 aliphatic rings. The fourth-order valence-electron chi connectivity index (χ4n) is 3.38. The molecule has 0 spiro atoms. The highest BCUT2D eigenvalue weighted by Gasteiger charge is 2.36. The van der Waals surface area contributed by atoms with Crippen LogP contribution >= 0.6 is 0 Å². The van der Waals surface area contributed by atoms with Crippen molar-refractivity contribution in [3.63, 3.8) is 0 Å². The van der Waals surface area contributed by atoms with Gasteiger partial charge in [0.25, 0.3) is 0 Å². The molecule has 7 heteroatoms. The Labute approximate surface area is 163 Å². The zero-order chi connectivity index (χ0) is 20.1. The van der Waals surface area contributed by atoms with Crippen LogP contribution in [0.5, 0.6) is 0 Å². The fourth-order valence-corrected chi connectivity index (χ4v) is 3.38. The average Bonchev–Trinajstić information content (AvgIpc) is 2.66. The van der Waals surface area contributed by atoms with Gasteiger partial charge in [-0.25, -0.2) is 4.79 Å². The lowest BCUT2D eigenvalue weighted by atomic mass is 10.1. The zero-order valence-corrected chi connectivity index (χ0v) is 17.0. The molecule has 156 valence electrons. The van der Waals surface area contributed by atoms with E-state index in [-0.39, 0.29) is 31.4 Å². The van der Waals surface area contributed by atoms with E-state index in [1.165, 1.54) is 11.3 Å². The van der Waals surface area contributed by atoms with Gasteiger partial charge >= 0.3 is 6.09 Å². The van der Waals surface area contributed by atoms with Gasteiger partial charge in [-0.3, -0.25) is 9.59 Å². The van der Waals surface area contributed by atoms with Crippen molar-refractivity contribution in [2.45, 2.75) is 84.1 Å². The van der Waals surface area contributed by atoms with Crippen LogP contribution in [0.15, 0.2) is 0 Å². The molecule has 1 heterocycles. The minimum atomic E-state index is -1.04. The normalized spacial score (nSPS) is 17.0. The number of piperazine rings is 1. The van der Waals surface area contributed by atoms with E-state index in [0.29, 0.717) is 13.0 Å². The molecule has 0 bridgehead atoms. The maximum absolute atomic E-state index is 12.6. The van der Waals surface area contributed by atoms with Gasteiger partial charge in [0.2, 0.25) is 11.8 Å². The number of nitrogens with zero attached hydrogens (tertiary/aromatic N) is 2. The van der Waals surface area contributed by atoms with Crippen LogP contribution in [0.1, 0.15) is 78.1 Å². The number of carbonyl (C=O) groups excluding carboxylic acids is 2. The molecule has 0 radical (unpaired) electrons. The summed E-state index contributed by atoms with van der Waals surface area (Å²) in [5.41, 5.74) is 0. The quantitative estimate of drug-likeness (QED) is 0.506. The summed E-state index contributed by atoms with van der Waals surface area (Å²) >= 11 is 0. The third-order valence-electron chi connectivity index (χ3n) is 5.10. The molecule has 2 N–H and O–H groups in total. The lowest BCUT2D eigenvalue weighted by molar-refractivity contribution is -0.143. The van der Waals surface area contributed by atoms with E-state index in [4.69, 9.17) is 0 Å². The van der Waals surface area contributed by atoms with Crippen molar-refractivity contribution in [3.05, 3.63) is 0 Å². The van der Waals surface area contributed by atoms with Crippen LogP contribution in [0.2, 0.25) is 0 Å². The highest BCUT2D eigenvalue weighted by Crippen LogP contribution is 2.15. The van der Waals surface area contributed by atoms with Crippen LogP contribution in [0.3, 0.4) is 0 Å². The number of hydrogen-bond donors (Lipinski definition) is 2. The number of unbranched alkanes of at least 4 members (excludes halogenated alkanes) is 7. The number of nitrogens with one attached hydrogen (secondary N) is 1. The summed E-state index contributed by atoms with van der Waals surface area (Å²) in [6.07, 6.45) is 8.91. The van der Waals surface area contributed by atoms with Crippen LogP contribution in [0, 0.1) is 0 Å². The Morgan fingerprint density at radius 2 is 1.56 bits per heavy atom. The van der Waals surface area contributed by atoms with Gasteiger partial charge in [-0.1, -0.05) is 58.8 Å². The van der Waals surface area contributed by atoms with Crippen LogP contribution in [0.25, 0.3) is 0 Å². The number of amides is 3. The number of rotatable bonds is 12. The molecule has 0 aromatic heterocycles. The van der Waals surface area contributed by atoms with Crippen molar-refractivity contribution < 1.29 is 19.5 Å². The van der Waals surface area contributed by atoms with Gasteiger partial charge in [0.15, 0.2) is 0 Å². The Kier molecular flexibility index (Phi) is 11.5. The molecule has 1 atom stereocenters. The first-order chi connectivity index (χ1) is 13.0. The molecule has 1 rings (SSSR count). The van der Waals surface area contributed by atoms with Crippen LogP contribution < -0.4 is 5.32 Å². The minimum Gasteiger partial charge on any atom is -0.465 e. The number of hydrogen-bond acceptors (Lipinski definition) is 3. The Morgan fingerprint density at radius 1 is 0.926 bits per heavy atom. The highest BCUT2D eigenvalue weighted by atomic mass is 16.4. The zero-order valence-electron chi connectivity index (χ0n) is 17.0. The molecule has 1 saturated heterocycles. The van der Waals surface area contributed by atoms with Crippen molar-refractivity contribution >= 4 is 17.9 Å². The first-order valence-electron chi connectivity index (χ1n) is 10.6. The van der Waals surface area contributed by atoms with E-state index >= 15 is 0 Å². The van der Waals surface area contributed by atoms with Gasteiger partial charge in [0, 0.05) is 26.1 Å². The standard InChI is InChI=1S/C20H37N3O4/c1-3-5-7-9-10-12-18(24)23-15-14-22(20(26)27)16-17(23)19(25)21-13-11-8-6-4-2/h17H,3-16H2,1-2H3,(H,21,25)(H,26,27). The lowest BCUT2D eigenvalue weighted by Gasteiger charge is -2.39. The molecular weight excluding hydrogens is 346 g/mol. The van der Waals surface area contributed by atoms with Gasteiger partial charge < -0.3 is 20.2 Å². The maximum atomic E-state index is 12.6. The van der Waals surface area contributed by atoms with Crippen molar-refractivity contribution in [3.8, 4) is 0 Å². The molecule has 1 aliphatic heterocycles. The monoisotopic (exact) mass is 383 g/mol. The predicted molar refractivity (Wildman–Crippen MR) is 106 cm³/mol. The Balaban J connectivity index is 2.57. The van der Waals surface area contributed by atoms with Gasteiger partial charge in [-0.05, 0) is 12.8 Å². The third-order valence-corrected chi connectivity index (χ3v) is 5.10. The Morgan fingerprint density at radius 3 is 2.19 bits per heavy atom. The van der Waals surface area contributed by atoms with Crippen molar-refractivity contribution in [1.82, 2.24) is 15.1 Å². The van der Waals surface area contributed by atoms with E-state index in [1.807, 2.05) is 0 Å². The largest absolute Gasteiger partial charge is 0.465 e. The number of carboxylic acid groups (broad SMARTS) is 1.